The van der Waals surface area contributed by atoms with Crippen LogP contribution >= 0.6 is 0 Å². The van der Waals surface area contributed by atoms with E-state index in [2.05, 4.69) is 19.6 Å². The van der Waals surface area contributed by atoms with Gasteiger partial charge >= 0.3 is 0 Å². The van der Waals surface area contributed by atoms with E-state index in [1.54, 1.807) is 7.11 Å². The van der Waals surface area contributed by atoms with Gasteiger partial charge < -0.3 is 19.4 Å². The Morgan fingerprint density at radius 1 is 0.750 bits per heavy atom. The molecule has 0 spiro atoms. The first-order valence-electron chi connectivity index (χ1n) is 4.73. The van der Waals surface area contributed by atoms with Crippen molar-refractivity contribution in [1.29, 1.82) is 0 Å². The summed E-state index contributed by atoms with van der Waals surface area (Å²) < 4.78 is 5.08. The summed E-state index contributed by atoms with van der Waals surface area (Å²) in [6.45, 7) is 12.1. The highest BCUT2D eigenvalue weighted by Gasteiger charge is 2.09. The molecular formula is C10H34O4Si2. The summed E-state index contributed by atoms with van der Waals surface area (Å²) in [6.07, 6.45) is 0. The molecule has 0 bridgehead atoms. The molecule has 0 rings (SSSR count). The van der Waals surface area contributed by atoms with E-state index in [1.165, 1.54) is 0 Å². The minimum Gasteiger partial charge on any atom is -0.433 e. The first-order valence-corrected chi connectivity index (χ1v) is 11.6. The highest BCUT2D eigenvalue weighted by atomic mass is 28.4. The van der Waals surface area contributed by atoms with Crippen LogP contribution in [0.25, 0.3) is 0 Å². The Balaban J connectivity index is -0.0000000369. The molecule has 0 aliphatic carbocycles. The molecule has 0 aromatic carbocycles. The lowest BCUT2D eigenvalue weighted by molar-refractivity contribution is 0.399. The highest BCUT2D eigenvalue weighted by Crippen LogP contribution is 1.97. The minimum atomic E-state index is -1.61. The molecule has 0 unspecified atom stereocenters. The molecule has 0 radical (unpaired) electrons. The molecule has 0 aromatic heterocycles. The van der Waals surface area contributed by atoms with Gasteiger partial charge in [0.05, 0.1) is 0 Å². The average molecular weight is 275 g/mol. The van der Waals surface area contributed by atoms with Gasteiger partial charge in [-0.25, -0.2) is 0 Å². The van der Waals surface area contributed by atoms with E-state index in [0.29, 0.717) is 0 Å². The Labute approximate surface area is 105 Å². The number of aliphatic hydroxyl groups is 2. The fourth-order valence-corrected chi connectivity index (χ4v) is 0. The minimum absolute atomic E-state index is 0. The van der Waals surface area contributed by atoms with Gasteiger partial charge in [0.2, 0.25) is 0 Å². The van der Waals surface area contributed by atoms with Crippen LogP contribution in [0.15, 0.2) is 0 Å². The Morgan fingerprint density at radius 3 is 0.812 bits per heavy atom. The first kappa shape index (κ1) is 29.9. The Bertz CT molecular complexity index is 92.0. The van der Waals surface area contributed by atoms with Crippen LogP contribution in [-0.2, 0) is 4.43 Å². The lowest BCUT2D eigenvalue weighted by atomic mass is 11.8. The monoisotopic (exact) mass is 274 g/mol. The summed E-state index contributed by atoms with van der Waals surface area (Å²) in [7, 11) is 1.03. The maximum atomic E-state index is 8.66. The zero-order chi connectivity index (χ0) is 13.7. The van der Waals surface area contributed by atoms with Gasteiger partial charge in [0.15, 0.2) is 16.6 Å². The van der Waals surface area contributed by atoms with Crippen molar-refractivity contribution in [2.24, 2.45) is 0 Å². The molecule has 3 N–H and O–H groups in total. The quantitative estimate of drug-likeness (QED) is 0.641. The van der Waals surface area contributed by atoms with E-state index in [4.69, 9.17) is 19.4 Å². The van der Waals surface area contributed by atoms with Crippen LogP contribution in [0.1, 0.15) is 7.43 Å². The number of aliphatic hydroxyl groups excluding tert-OH is 2. The fourth-order valence-electron chi connectivity index (χ4n) is 0. The molecule has 106 valence electrons. The van der Waals surface area contributed by atoms with Gasteiger partial charge in [0, 0.05) is 21.3 Å². The third-order valence-corrected chi connectivity index (χ3v) is 1.84. The number of rotatable bonds is 1. The zero-order valence-corrected chi connectivity index (χ0v) is 13.7. The van der Waals surface area contributed by atoms with Crippen molar-refractivity contribution in [1.82, 2.24) is 0 Å². The van der Waals surface area contributed by atoms with Gasteiger partial charge in [-0.05, 0) is 39.3 Å². The van der Waals surface area contributed by atoms with Crippen LogP contribution in [0.5, 0.6) is 0 Å². The normalized spacial score (nSPS) is 9.00. The van der Waals surface area contributed by atoms with E-state index < -0.39 is 16.6 Å². The molecule has 0 heterocycles. The number of hydrogen-bond donors (Lipinski definition) is 3. The maximum absolute atomic E-state index is 8.66. The summed E-state index contributed by atoms with van der Waals surface area (Å²) in [4.78, 5) is 8.66. The van der Waals surface area contributed by atoms with Crippen LogP contribution < -0.4 is 0 Å². The van der Waals surface area contributed by atoms with Gasteiger partial charge in [-0.15, -0.1) is 0 Å². The van der Waals surface area contributed by atoms with Crippen molar-refractivity contribution < 1.29 is 19.4 Å². The van der Waals surface area contributed by atoms with Crippen molar-refractivity contribution in [3.8, 4) is 0 Å². The smallest absolute Gasteiger partial charge is 0.183 e. The van der Waals surface area contributed by atoms with E-state index in [-0.39, 0.29) is 7.43 Å². The van der Waals surface area contributed by atoms with Crippen LogP contribution in [0.3, 0.4) is 0 Å². The second kappa shape index (κ2) is 17.7. The predicted molar refractivity (Wildman–Crippen MR) is 78.9 cm³/mol. The maximum Gasteiger partial charge on any atom is 0.183 e. The van der Waals surface area contributed by atoms with Gasteiger partial charge in [-0.2, -0.15) is 0 Å². The lowest BCUT2D eigenvalue weighted by Crippen LogP contribution is -2.22. The summed E-state index contributed by atoms with van der Waals surface area (Å²) in [5, 5.41) is 14.0. The van der Waals surface area contributed by atoms with Crippen LogP contribution in [-0.4, -0.2) is 53.0 Å². The number of hydrogen-bond acceptors (Lipinski definition) is 4. The molecule has 0 saturated heterocycles. The van der Waals surface area contributed by atoms with Gasteiger partial charge in [-0.1, -0.05) is 7.43 Å². The predicted octanol–water partition coefficient (Wildman–Crippen LogP) is 2.13. The van der Waals surface area contributed by atoms with Crippen LogP contribution in [0.2, 0.25) is 39.3 Å². The van der Waals surface area contributed by atoms with Crippen molar-refractivity contribution >= 4 is 16.6 Å². The molecule has 4 nitrogen and oxygen atoms in total. The molecule has 0 saturated carbocycles. The summed E-state index contributed by atoms with van der Waals surface area (Å²) in [5.74, 6) is 0. The lowest BCUT2D eigenvalue weighted by Gasteiger charge is -2.10. The zero-order valence-electron chi connectivity index (χ0n) is 11.7. The SMILES string of the molecule is C.CO.CO.CO[Si](C)(C)C.C[Si](C)(C)O. The van der Waals surface area contributed by atoms with Crippen LogP contribution in [0, 0.1) is 0 Å². The molecule has 0 aromatic rings. The van der Waals surface area contributed by atoms with E-state index in [1.807, 2.05) is 19.6 Å². The molecule has 0 atom stereocenters. The van der Waals surface area contributed by atoms with Gasteiger partial charge in [0.25, 0.3) is 0 Å². The summed E-state index contributed by atoms with van der Waals surface area (Å²) >= 11 is 0. The van der Waals surface area contributed by atoms with Crippen molar-refractivity contribution in [3.05, 3.63) is 0 Å². The van der Waals surface area contributed by atoms with Gasteiger partial charge in [-0.3, -0.25) is 0 Å². The van der Waals surface area contributed by atoms with Crippen molar-refractivity contribution in [2.75, 3.05) is 21.3 Å². The first-order chi connectivity index (χ1) is 6.56. The molecule has 6 heteroatoms. The van der Waals surface area contributed by atoms with Crippen LogP contribution in [0.4, 0.5) is 0 Å². The second-order valence-corrected chi connectivity index (χ2v) is 13.5. The highest BCUT2D eigenvalue weighted by molar-refractivity contribution is 6.69. The molecule has 0 aliphatic heterocycles. The summed E-state index contributed by atoms with van der Waals surface area (Å²) in [6, 6.07) is 0. The average Bonchev–Trinajstić information content (AvgIpc) is 2.07. The molecule has 0 fully saturated rings. The fraction of sp³-hybridized carbons (Fsp3) is 1.00. The van der Waals surface area contributed by atoms with Gasteiger partial charge in [0.1, 0.15) is 0 Å². The second-order valence-electron chi connectivity index (χ2n) is 4.49. The topological polar surface area (TPSA) is 69.9 Å². The van der Waals surface area contributed by atoms with E-state index >= 15 is 0 Å². The molecule has 0 amide bonds. The molecule has 0 aliphatic rings. The Kier molecular flexibility index (Phi) is 33.0. The largest absolute Gasteiger partial charge is 0.433 e. The standard InChI is InChI=1S/C4H12OSi.C3H10OSi.2CH4O.CH4/c1-5-6(2,3)4;1-5(2,3)4;2*1-2;/h1-4H3;4H,1-3H3;2*2H,1H3;1H4. The third-order valence-electron chi connectivity index (χ3n) is 0.612. The molecular weight excluding hydrogens is 240 g/mol. The molecule has 16 heavy (non-hydrogen) atoms. The third kappa shape index (κ3) is 235. The Morgan fingerprint density at radius 2 is 0.812 bits per heavy atom. The van der Waals surface area contributed by atoms with Crippen molar-refractivity contribution in [2.45, 2.75) is 46.7 Å². The Hall–Kier alpha value is 0.274. The van der Waals surface area contributed by atoms with E-state index in [9.17, 15) is 0 Å². The van der Waals surface area contributed by atoms with E-state index in [0.717, 1.165) is 14.2 Å². The summed E-state index contributed by atoms with van der Waals surface area (Å²) in [5.41, 5.74) is 0. The van der Waals surface area contributed by atoms with Crippen molar-refractivity contribution in [3.63, 3.8) is 0 Å².